The smallest absolute Gasteiger partial charge is 0.341 e. The van der Waals surface area contributed by atoms with E-state index in [0.717, 1.165) is 20.9 Å². The zero-order valence-corrected chi connectivity index (χ0v) is 21.4. The molecule has 36 heavy (non-hydrogen) atoms. The molecule has 6 rings (SSSR count). The molecule has 5 heterocycles. The molecule has 2 aromatic heterocycles. The predicted molar refractivity (Wildman–Crippen MR) is 137 cm³/mol. The zero-order chi connectivity index (χ0) is 25.3. The topological polar surface area (TPSA) is 84.0 Å². The molecule has 0 bridgehead atoms. The number of thiophene rings is 2. The lowest BCUT2D eigenvalue weighted by molar-refractivity contribution is -0.123. The number of rotatable bonds is 4. The molecule has 4 unspecified atom stereocenters. The van der Waals surface area contributed by atoms with Crippen LogP contribution in [0.5, 0.6) is 0 Å². The largest absolute Gasteiger partial charge is 0.465 e. The Morgan fingerprint density at radius 3 is 2.47 bits per heavy atom. The molecule has 2 fully saturated rings. The van der Waals surface area contributed by atoms with E-state index in [2.05, 4.69) is 0 Å². The summed E-state index contributed by atoms with van der Waals surface area (Å²) in [7, 11) is 1.28. The van der Waals surface area contributed by atoms with Gasteiger partial charge < -0.3 is 9.64 Å². The molecule has 0 saturated carbocycles. The maximum Gasteiger partial charge on any atom is 0.341 e. The lowest BCUT2D eigenvalue weighted by atomic mass is 9.84. The minimum absolute atomic E-state index is 0.179. The number of benzene rings is 1. The lowest BCUT2D eigenvalue weighted by Gasteiger charge is -2.35. The van der Waals surface area contributed by atoms with E-state index in [0.29, 0.717) is 10.4 Å². The van der Waals surface area contributed by atoms with Crippen LogP contribution in [0.15, 0.2) is 48.0 Å². The molecule has 3 aromatic rings. The number of methoxy groups -OCH3 is 1. The van der Waals surface area contributed by atoms with Crippen molar-refractivity contribution < 1.29 is 23.9 Å². The van der Waals surface area contributed by atoms with Crippen molar-refractivity contribution in [3.05, 3.63) is 80.0 Å². The van der Waals surface area contributed by atoms with Crippen molar-refractivity contribution in [1.82, 2.24) is 4.90 Å². The van der Waals surface area contributed by atoms with Crippen LogP contribution in [-0.4, -0.2) is 41.6 Å². The number of carbonyl (C=O) groups is 4. The molecule has 4 atom stereocenters. The Hall–Kier alpha value is -3.56. The molecule has 0 N–H and O–H groups in total. The predicted octanol–water partition coefficient (Wildman–Crippen LogP) is 4.61. The number of nitrogens with zero attached hydrogens (tertiary/aromatic N) is 2. The number of hydrogen-bond donors (Lipinski definition) is 0. The van der Waals surface area contributed by atoms with Gasteiger partial charge in [-0.2, -0.15) is 0 Å². The normalized spacial score (nSPS) is 24.1. The van der Waals surface area contributed by atoms with Crippen molar-refractivity contribution in [3.8, 4) is 0 Å². The Morgan fingerprint density at radius 1 is 1.00 bits per heavy atom. The first-order chi connectivity index (χ1) is 17.3. The van der Waals surface area contributed by atoms with Gasteiger partial charge in [0.2, 0.25) is 11.8 Å². The Kier molecular flexibility index (Phi) is 5.24. The summed E-state index contributed by atoms with van der Waals surface area (Å²) in [5.74, 6) is -3.25. The van der Waals surface area contributed by atoms with Gasteiger partial charge in [0, 0.05) is 11.1 Å². The molecule has 3 aliphatic rings. The number of ether oxygens (including phenoxy) is 1. The van der Waals surface area contributed by atoms with Crippen LogP contribution in [0.4, 0.5) is 5.00 Å². The number of hydrogen-bond acceptors (Lipinski definition) is 8. The Labute approximate surface area is 215 Å². The molecule has 1 aromatic carbocycles. The average molecular weight is 519 g/mol. The van der Waals surface area contributed by atoms with E-state index >= 15 is 0 Å². The number of fused-ring (bicyclic) bond motifs is 5. The van der Waals surface area contributed by atoms with E-state index in [1.54, 1.807) is 19.1 Å². The summed E-state index contributed by atoms with van der Waals surface area (Å²) in [4.78, 5) is 59.0. The van der Waals surface area contributed by atoms with Crippen molar-refractivity contribution in [3.63, 3.8) is 0 Å². The molecule has 7 nitrogen and oxygen atoms in total. The summed E-state index contributed by atoms with van der Waals surface area (Å²) >= 11 is 2.55. The average Bonchev–Trinajstić information content (AvgIpc) is 3.64. The fraction of sp³-hybridized carbons (Fsp3) is 0.259. The second kappa shape index (κ2) is 8.25. The minimum atomic E-state index is -0.874. The second-order valence-corrected chi connectivity index (χ2v) is 11.3. The van der Waals surface area contributed by atoms with Crippen LogP contribution in [0.1, 0.15) is 47.6 Å². The van der Waals surface area contributed by atoms with Crippen LogP contribution in [0.25, 0.3) is 6.08 Å². The quantitative estimate of drug-likeness (QED) is 0.285. The summed E-state index contributed by atoms with van der Waals surface area (Å²) in [6, 6.07) is 10.0. The Balaban J connectivity index is 1.52. The summed E-state index contributed by atoms with van der Waals surface area (Å²) < 4.78 is 4.98. The molecule has 0 radical (unpaired) electrons. The molecular formula is C27H22N2O5S2. The Bertz CT molecular complexity index is 1470. The molecular weight excluding hydrogens is 496 g/mol. The van der Waals surface area contributed by atoms with Gasteiger partial charge in [0.25, 0.3) is 0 Å². The third-order valence-electron chi connectivity index (χ3n) is 7.45. The number of Topliss-reactive ketones (excluding diaryl/α,β-unsaturated/α-hetero) is 1. The van der Waals surface area contributed by atoms with Crippen LogP contribution in [0, 0.1) is 25.7 Å². The summed E-state index contributed by atoms with van der Waals surface area (Å²) in [5, 5.41) is 2.10. The monoisotopic (exact) mass is 518 g/mol. The molecule has 3 aliphatic heterocycles. The number of esters is 1. The van der Waals surface area contributed by atoms with E-state index in [1.165, 1.54) is 29.8 Å². The van der Waals surface area contributed by atoms with Gasteiger partial charge in [0.05, 0.1) is 35.4 Å². The fourth-order valence-electron chi connectivity index (χ4n) is 5.73. The fourth-order valence-corrected chi connectivity index (χ4v) is 7.58. The summed E-state index contributed by atoms with van der Waals surface area (Å²) in [6.07, 6.45) is 3.77. The van der Waals surface area contributed by atoms with Crippen LogP contribution < -0.4 is 4.90 Å². The van der Waals surface area contributed by atoms with Crippen molar-refractivity contribution in [2.24, 2.45) is 11.8 Å². The van der Waals surface area contributed by atoms with Crippen LogP contribution >= 0.6 is 22.7 Å². The van der Waals surface area contributed by atoms with Crippen molar-refractivity contribution in [1.29, 1.82) is 0 Å². The van der Waals surface area contributed by atoms with Gasteiger partial charge in [-0.15, -0.1) is 22.7 Å². The van der Waals surface area contributed by atoms with E-state index in [4.69, 9.17) is 4.74 Å². The Morgan fingerprint density at radius 2 is 1.75 bits per heavy atom. The van der Waals surface area contributed by atoms with Gasteiger partial charge >= 0.3 is 5.97 Å². The number of carbonyl (C=O) groups excluding carboxylic acids is 4. The molecule has 2 amide bonds. The van der Waals surface area contributed by atoms with Gasteiger partial charge in [-0.3, -0.25) is 14.4 Å². The van der Waals surface area contributed by atoms with Gasteiger partial charge in [-0.1, -0.05) is 30.3 Å². The number of amides is 2. The molecule has 9 heteroatoms. The molecule has 2 saturated heterocycles. The summed E-state index contributed by atoms with van der Waals surface area (Å²) in [5.41, 5.74) is 2.77. The molecule has 0 aliphatic carbocycles. The van der Waals surface area contributed by atoms with E-state index in [9.17, 15) is 19.2 Å². The maximum atomic E-state index is 14.1. The van der Waals surface area contributed by atoms with Gasteiger partial charge in [-0.25, -0.2) is 9.69 Å². The van der Waals surface area contributed by atoms with Gasteiger partial charge in [0.1, 0.15) is 11.0 Å². The summed E-state index contributed by atoms with van der Waals surface area (Å²) in [6.45, 7) is 3.62. The number of anilines is 1. The number of imide groups is 1. The van der Waals surface area contributed by atoms with Crippen LogP contribution in [-0.2, 0) is 14.3 Å². The highest BCUT2D eigenvalue weighted by Gasteiger charge is 2.65. The standard InChI is InChI=1S/C27H22N2O5S2/c1-13-14(2)36-26(18(13)27(33)34-3)29-24(31)19-20(25(29)32)22(23(30)17-9-6-12-35-17)28-11-10-15-7-4-5-8-16(15)21(19)28/h4-12,19-22H,1-3H3. The zero-order valence-electron chi connectivity index (χ0n) is 19.8. The highest BCUT2D eigenvalue weighted by atomic mass is 32.1. The van der Waals surface area contributed by atoms with Crippen molar-refractivity contribution in [2.45, 2.75) is 25.9 Å². The van der Waals surface area contributed by atoms with E-state index in [1.807, 2.05) is 53.7 Å². The van der Waals surface area contributed by atoms with Crippen LogP contribution in [0.3, 0.4) is 0 Å². The maximum absolute atomic E-state index is 14.1. The SMILES string of the molecule is COC(=O)c1c(N2C(=O)C3C(C2=O)C2c4ccccc4C=CN2C3C(=O)c2cccs2)sc(C)c1C. The highest BCUT2D eigenvalue weighted by molar-refractivity contribution is 7.17. The van der Waals surface area contributed by atoms with Crippen LogP contribution in [0.2, 0.25) is 0 Å². The molecule has 0 spiro atoms. The third-order valence-corrected chi connectivity index (χ3v) is 9.53. The third kappa shape index (κ3) is 3.02. The first-order valence-corrected chi connectivity index (χ1v) is 13.2. The molecule has 182 valence electrons. The van der Waals surface area contributed by atoms with Gasteiger partial charge in [-0.05, 0) is 48.1 Å². The van der Waals surface area contributed by atoms with Crippen molar-refractivity contribution >= 4 is 57.3 Å². The first kappa shape index (κ1) is 22.9. The van der Waals surface area contributed by atoms with E-state index < -0.39 is 41.7 Å². The number of ketones is 1. The van der Waals surface area contributed by atoms with Gasteiger partial charge in [0.15, 0.2) is 5.78 Å². The lowest BCUT2D eigenvalue weighted by Crippen LogP contribution is -2.44. The van der Waals surface area contributed by atoms with E-state index in [-0.39, 0.29) is 16.3 Å². The number of aryl methyl sites for hydroxylation is 1. The first-order valence-electron chi connectivity index (χ1n) is 11.5. The van der Waals surface area contributed by atoms with Crippen molar-refractivity contribution in [2.75, 3.05) is 12.0 Å². The highest BCUT2D eigenvalue weighted by Crippen LogP contribution is 2.55. The minimum Gasteiger partial charge on any atom is -0.465 e. The second-order valence-electron chi connectivity index (χ2n) is 9.14.